The molecule has 1 fully saturated rings. The van der Waals surface area contributed by atoms with Gasteiger partial charge in [0.1, 0.15) is 12.3 Å². The molecule has 5 rings (SSSR count). The number of hydrogen-bond acceptors (Lipinski definition) is 5. The summed E-state index contributed by atoms with van der Waals surface area (Å²) in [5.74, 6) is 1.17. The fourth-order valence-corrected chi connectivity index (χ4v) is 4.00. The summed E-state index contributed by atoms with van der Waals surface area (Å²) >= 11 is 0. The minimum absolute atomic E-state index is 0.0886. The van der Waals surface area contributed by atoms with Crippen molar-refractivity contribution >= 4 is 17.8 Å². The van der Waals surface area contributed by atoms with Crippen LogP contribution in [-0.2, 0) is 4.79 Å². The van der Waals surface area contributed by atoms with Crippen molar-refractivity contribution in [3.63, 3.8) is 0 Å². The number of ether oxygens (including phenoxy) is 1. The minimum atomic E-state index is -0.323. The molecule has 8 nitrogen and oxygen atoms in total. The number of furan rings is 1. The highest BCUT2D eigenvalue weighted by molar-refractivity contribution is 5.97. The molecule has 184 valence electrons. The Hall–Kier alpha value is -4.33. The zero-order valence-corrected chi connectivity index (χ0v) is 20.3. The SMILES string of the molecule is COc1ccc(-c2cn(-c3ccc(C)cc3)c(NC(=O)CN(CC3CC3)C(=O)c3ccco3)n2)cc1. The first-order valence-corrected chi connectivity index (χ1v) is 11.9. The highest BCUT2D eigenvalue weighted by Gasteiger charge is 2.30. The van der Waals surface area contributed by atoms with Crippen molar-refractivity contribution in [2.24, 2.45) is 5.92 Å². The lowest BCUT2D eigenvalue weighted by Crippen LogP contribution is -2.39. The van der Waals surface area contributed by atoms with Gasteiger partial charge in [-0.05, 0) is 74.2 Å². The lowest BCUT2D eigenvalue weighted by Gasteiger charge is -2.21. The van der Waals surface area contributed by atoms with E-state index < -0.39 is 0 Å². The number of carbonyl (C=O) groups is 2. The minimum Gasteiger partial charge on any atom is -0.497 e. The van der Waals surface area contributed by atoms with E-state index in [4.69, 9.17) is 14.1 Å². The van der Waals surface area contributed by atoms with E-state index in [2.05, 4.69) is 5.32 Å². The molecule has 1 N–H and O–H groups in total. The molecule has 2 amide bonds. The van der Waals surface area contributed by atoms with E-state index in [-0.39, 0.29) is 24.1 Å². The maximum absolute atomic E-state index is 13.2. The Morgan fingerprint density at radius 2 is 1.86 bits per heavy atom. The highest BCUT2D eigenvalue weighted by Crippen LogP contribution is 2.30. The lowest BCUT2D eigenvalue weighted by molar-refractivity contribution is -0.117. The van der Waals surface area contributed by atoms with Gasteiger partial charge in [-0.15, -0.1) is 0 Å². The largest absolute Gasteiger partial charge is 0.497 e. The molecular weight excluding hydrogens is 456 g/mol. The highest BCUT2D eigenvalue weighted by atomic mass is 16.5. The summed E-state index contributed by atoms with van der Waals surface area (Å²) in [7, 11) is 1.62. The van der Waals surface area contributed by atoms with Gasteiger partial charge >= 0.3 is 0 Å². The molecule has 8 heteroatoms. The van der Waals surface area contributed by atoms with Crippen molar-refractivity contribution in [2.45, 2.75) is 19.8 Å². The Balaban J connectivity index is 1.41. The normalized spacial score (nSPS) is 12.8. The molecule has 2 aromatic carbocycles. The summed E-state index contributed by atoms with van der Waals surface area (Å²) in [6.07, 6.45) is 5.47. The standard InChI is InChI=1S/C28H28N4O4/c1-19-5-11-22(12-6-19)32-17-24(21-9-13-23(35-2)14-10-21)29-28(32)30-26(33)18-31(16-20-7-8-20)27(34)25-4-3-15-36-25/h3-6,9-15,17,20H,7-8,16,18H2,1-2H3,(H,29,30,33). The number of anilines is 1. The van der Waals surface area contributed by atoms with Crippen LogP contribution in [0.25, 0.3) is 16.9 Å². The third-order valence-corrected chi connectivity index (χ3v) is 6.18. The second-order valence-corrected chi connectivity index (χ2v) is 9.04. The predicted octanol–water partition coefficient (Wildman–Crippen LogP) is 4.94. The molecule has 0 radical (unpaired) electrons. The molecule has 0 unspecified atom stereocenters. The average Bonchev–Trinajstić information content (AvgIpc) is 3.36. The number of carbonyl (C=O) groups excluding carboxylic acids is 2. The topological polar surface area (TPSA) is 89.6 Å². The zero-order chi connectivity index (χ0) is 25.1. The van der Waals surface area contributed by atoms with Crippen LogP contribution >= 0.6 is 0 Å². The fourth-order valence-electron chi connectivity index (χ4n) is 4.00. The molecule has 0 bridgehead atoms. The molecule has 36 heavy (non-hydrogen) atoms. The number of rotatable bonds is 9. The van der Waals surface area contributed by atoms with E-state index in [0.717, 1.165) is 35.4 Å². The van der Waals surface area contributed by atoms with Crippen LogP contribution in [-0.4, -0.2) is 46.5 Å². The molecule has 1 aliphatic carbocycles. The second kappa shape index (κ2) is 10.1. The van der Waals surface area contributed by atoms with Crippen LogP contribution in [0.2, 0.25) is 0 Å². The summed E-state index contributed by atoms with van der Waals surface area (Å²) in [6, 6.07) is 18.8. The number of imidazole rings is 1. The molecule has 0 spiro atoms. The first-order chi connectivity index (χ1) is 17.5. The van der Waals surface area contributed by atoms with Gasteiger partial charge < -0.3 is 14.1 Å². The predicted molar refractivity (Wildman–Crippen MR) is 136 cm³/mol. The number of aryl methyl sites for hydroxylation is 1. The molecule has 2 heterocycles. The summed E-state index contributed by atoms with van der Waals surface area (Å²) in [4.78, 5) is 32.4. The van der Waals surface area contributed by atoms with Gasteiger partial charge in [-0.2, -0.15) is 0 Å². The van der Waals surface area contributed by atoms with E-state index in [1.807, 2.05) is 66.2 Å². The quantitative estimate of drug-likeness (QED) is 0.363. The molecule has 1 saturated carbocycles. The molecule has 0 atom stereocenters. The van der Waals surface area contributed by atoms with E-state index >= 15 is 0 Å². The Bertz CT molecular complexity index is 1340. The Labute approximate surface area is 209 Å². The van der Waals surface area contributed by atoms with Crippen molar-refractivity contribution in [3.8, 4) is 22.7 Å². The van der Waals surface area contributed by atoms with Crippen LogP contribution in [0.3, 0.4) is 0 Å². The summed E-state index contributed by atoms with van der Waals surface area (Å²) in [6.45, 7) is 2.46. The summed E-state index contributed by atoms with van der Waals surface area (Å²) < 4.78 is 12.4. The van der Waals surface area contributed by atoms with E-state index in [9.17, 15) is 9.59 Å². The number of benzene rings is 2. The van der Waals surface area contributed by atoms with Crippen molar-refractivity contribution in [1.29, 1.82) is 0 Å². The number of aromatic nitrogens is 2. The molecule has 2 aromatic heterocycles. The number of nitrogens with one attached hydrogen (secondary N) is 1. The van der Waals surface area contributed by atoms with Gasteiger partial charge in [0.2, 0.25) is 11.9 Å². The number of amides is 2. The van der Waals surface area contributed by atoms with Gasteiger partial charge in [0.25, 0.3) is 5.91 Å². The van der Waals surface area contributed by atoms with Gasteiger partial charge in [0.15, 0.2) is 5.76 Å². The second-order valence-electron chi connectivity index (χ2n) is 9.04. The van der Waals surface area contributed by atoms with Crippen LogP contribution in [0.15, 0.2) is 77.5 Å². The smallest absolute Gasteiger partial charge is 0.290 e. The van der Waals surface area contributed by atoms with Crippen molar-refractivity contribution in [3.05, 3.63) is 84.4 Å². The van der Waals surface area contributed by atoms with Gasteiger partial charge in [-0.1, -0.05) is 17.7 Å². The van der Waals surface area contributed by atoms with Crippen molar-refractivity contribution in [1.82, 2.24) is 14.5 Å². The first kappa shape index (κ1) is 23.4. The van der Waals surface area contributed by atoms with Crippen molar-refractivity contribution in [2.75, 3.05) is 25.5 Å². The fraction of sp³-hybridized carbons (Fsp3) is 0.250. The molecular formula is C28H28N4O4. The van der Waals surface area contributed by atoms with Crippen LogP contribution in [0, 0.1) is 12.8 Å². The van der Waals surface area contributed by atoms with Gasteiger partial charge in [0.05, 0.1) is 19.1 Å². The van der Waals surface area contributed by atoms with Crippen LogP contribution < -0.4 is 10.1 Å². The Kier molecular flexibility index (Phi) is 6.58. The average molecular weight is 485 g/mol. The van der Waals surface area contributed by atoms with E-state index in [0.29, 0.717) is 24.1 Å². The Morgan fingerprint density at radius 3 is 2.50 bits per heavy atom. The number of methoxy groups -OCH3 is 1. The monoisotopic (exact) mass is 484 g/mol. The number of nitrogens with zero attached hydrogens (tertiary/aromatic N) is 3. The Morgan fingerprint density at radius 1 is 1.11 bits per heavy atom. The molecule has 4 aromatic rings. The van der Waals surface area contributed by atoms with Gasteiger partial charge in [-0.25, -0.2) is 4.98 Å². The van der Waals surface area contributed by atoms with Crippen LogP contribution in [0.1, 0.15) is 29.0 Å². The summed E-state index contributed by atoms with van der Waals surface area (Å²) in [5.41, 5.74) is 3.59. The van der Waals surface area contributed by atoms with E-state index in [1.54, 1.807) is 24.1 Å². The van der Waals surface area contributed by atoms with Crippen LogP contribution in [0.4, 0.5) is 5.95 Å². The first-order valence-electron chi connectivity index (χ1n) is 11.9. The summed E-state index contributed by atoms with van der Waals surface area (Å²) in [5, 5.41) is 2.92. The lowest BCUT2D eigenvalue weighted by atomic mass is 10.1. The maximum atomic E-state index is 13.2. The van der Waals surface area contributed by atoms with Crippen LogP contribution in [0.5, 0.6) is 5.75 Å². The maximum Gasteiger partial charge on any atom is 0.290 e. The molecule has 1 aliphatic rings. The van der Waals surface area contributed by atoms with Gasteiger partial charge in [0, 0.05) is 24.0 Å². The molecule has 0 saturated heterocycles. The van der Waals surface area contributed by atoms with Gasteiger partial charge in [-0.3, -0.25) is 19.5 Å². The molecule has 0 aliphatic heterocycles. The van der Waals surface area contributed by atoms with E-state index in [1.165, 1.54) is 6.26 Å². The zero-order valence-electron chi connectivity index (χ0n) is 20.3. The van der Waals surface area contributed by atoms with Crippen molar-refractivity contribution < 1.29 is 18.7 Å². The number of hydrogen-bond donors (Lipinski definition) is 1. The third-order valence-electron chi connectivity index (χ3n) is 6.18. The third kappa shape index (κ3) is 5.33.